The van der Waals surface area contributed by atoms with Crippen LogP contribution < -0.4 is 15.8 Å². The molecule has 1 aromatic rings. The molecule has 3 saturated heterocycles. The van der Waals surface area contributed by atoms with Gasteiger partial charge in [-0.3, -0.25) is 10.2 Å². The molecule has 0 aromatic carbocycles. The molecule has 1 saturated carbocycles. The third kappa shape index (κ3) is 2.69. The maximum Gasteiger partial charge on any atom is 0.241 e. The summed E-state index contributed by atoms with van der Waals surface area (Å²) in [7, 11) is 0. The molecule has 1 aliphatic carbocycles. The fourth-order valence-corrected chi connectivity index (χ4v) is 5.27. The van der Waals surface area contributed by atoms with Gasteiger partial charge in [0.1, 0.15) is 6.04 Å². The highest BCUT2D eigenvalue weighted by Gasteiger charge is 2.47. The zero-order valence-corrected chi connectivity index (χ0v) is 14.5. The average molecular weight is 342 g/mol. The van der Waals surface area contributed by atoms with Crippen LogP contribution in [0.15, 0.2) is 18.5 Å². The van der Waals surface area contributed by atoms with E-state index in [0.717, 1.165) is 32.1 Å². The highest BCUT2D eigenvalue weighted by Crippen LogP contribution is 2.35. The number of hydrogen-bond donors (Lipinski definition) is 2. The number of likely N-dealkylation sites (tertiary alicyclic amines) is 1. The van der Waals surface area contributed by atoms with Crippen LogP contribution in [0.5, 0.6) is 0 Å². The second kappa shape index (κ2) is 6.21. The predicted octanol–water partition coefficient (Wildman–Crippen LogP) is 0.406. The number of carbonyl (C=O) groups excluding carboxylic acids is 1. The van der Waals surface area contributed by atoms with Crippen LogP contribution in [0.1, 0.15) is 25.7 Å². The number of amides is 1. The summed E-state index contributed by atoms with van der Waals surface area (Å²) in [4.78, 5) is 26.2. The van der Waals surface area contributed by atoms with E-state index in [4.69, 9.17) is 0 Å². The minimum absolute atomic E-state index is 0.0299. The second-order valence-electron chi connectivity index (χ2n) is 8.04. The fourth-order valence-electron chi connectivity index (χ4n) is 5.27. The van der Waals surface area contributed by atoms with Crippen molar-refractivity contribution in [3.05, 3.63) is 18.5 Å². The van der Waals surface area contributed by atoms with Crippen molar-refractivity contribution in [3.8, 4) is 0 Å². The van der Waals surface area contributed by atoms with Gasteiger partial charge in [0.2, 0.25) is 11.9 Å². The van der Waals surface area contributed by atoms with Crippen LogP contribution in [-0.2, 0) is 4.79 Å². The minimum atomic E-state index is -0.0299. The number of fused-ring (bicyclic) bond motifs is 2. The third-order valence-electron chi connectivity index (χ3n) is 6.57. The van der Waals surface area contributed by atoms with Gasteiger partial charge in [-0.25, -0.2) is 15.4 Å². The van der Waals surface area contributed by atoms with Crippen LogP contribution in [0.4, 0.5) is 5.95 Å². The lowest BCUT2D eigenvalue weighted by atomic mass is 9.81. The molecule has 25 heavy (non-hydrogen) atoms. The smallest absolute Gasteiger partial charge is 0.241 e. The van der Waals surface area contributed by atoms with Gasteiger partial charge in [-0.05, 0) is 18.9 Å². The molecular weight excluding hydrogens is 316 g/mol. The summed E-state index contributed by atoms with van der Waals surface area (Å²) >= 11 is 0. The number of carbonyl (C=O) groups is 1. The van der Waals surface area contributed by atoms with E-state index in [1.807, 2.05) is 6.07 Å². The molecule has 1 aromatic heterocycles. The van der Waals surface area contributed by atoms with Gasteiger partial charge in [-0.2, -0.15) is 0 Å². The van der Waals surface area contributed by atoms with Gasteiger partial charge in [0.25, 0.3) is 0 Å². The molecule has 4 aliphatic rings. The first-order chi connectivity index (χ1) is 12.3. The third-order valence-corrected chi connectivity index (χ3v) is 6.57. The lowest BCUT2D eigenvalue weighted by molar-refractivity contribution is -0.133. The Bertz CT molecular complexity index is 626. The van der Waals surface area contributed by atoms with Crippen molar-refractivity contribution < 1.29 is 4.79 Å². The maximum absolute atomic E-state index is 13.1. The lowest BCUT2D eigenvalue weighted by Gasteiger charge is -2.29. The quantitative estimate of drug-likeness (QED) is 0.811. The Morgan fingerprint density at radius 2 is 1.72 bits per heavy atom. The number of nitrogens with zero attached hydrogens (tertiary/aromatic N) is 4. The van der Waals surface area contributed by atoms with Crippen molar-refractivity contribution in [1.29, 1.82) is 0 Å². The van der Waals surface area contributed by atoms with Crippen molar-refractivity contribution in [2.24, 2.45) is 17.8 Å². The lowest BCUT2D eigenvalue weighted by Crippen LogP contribution is -2.48. The summed E-state index contributed by atoms with van der Waals surface area (Å²) in [6, 6.07) is 2.30. The summed E-state index contributed by atoms with van der Waals surface area (Å²) in [5.41, 5.74) is 6.67. The largest absolute Gasteiger partial charge is 0.341 e. The summed E-state index contributed by atoms with van der Waals surface area (Å²) in [6.45, 7) is 3.67. The Morgan fingerprint density at radius 3 is 2.48 bits per heavy atom. The van der Waals surface area contributed by atoms with E-state index in [9.17, 15) is 4.79 Å². The molecule has 0 spiro atoms. The van der Waals surface area contributed by atoms with E-state index >= 15 is 0 Å². The summed E-state index contributed by atoms with van der Waals surface area (Å²) < 4.78 is 0. The van der Waals surface area contributed by atoms with Crippen LogP contribution >= 0.6 is 0 Å². The Balaban J connectivity index is 1.22. The monoisotopic (exact) mass is 342 g/mol. The number of anilines is 1. The molecule has 134 valence electrons. The van der Waals surface area contributed by atoms with E-state index < -0.39 is 0 Å². The molecular formula is C18H26N6O. The molecule has 4 fully saturated rings. The van der Waals surface area contributed by atoms with Crippen molar-refractivity contribution >= 4 is 11.9 Å². The Morgan fingerprint density at radius 1 is 1.00 bits per heavy atom. The van der Waals surface area contributed by atoms with Gasteiger partial charge in [-0.1, -0.05) is 12.8 Å². The molecule has 3 aliphatic heterocycles. The summed E-state index contributed by atoms with van der Waals surface area (Å²) in [5, 5.41) is 0. The molecule has 1 amide bonds. The molecule has 7 nitrogen and oxygen atoms in total. The normalized spacial score (nSPS) is 37.2. The molecule has 5 unspecified atom stereocenters. The Kier molecular flexibility index (Phi) is 3.86. The van der Waals surface area contributed by atoms with Gasteiger partial charge < -0.3 is 9.80 Å². The van der Waals surface area contributed by atoms with Crippen molar-refractivity contribution in [3.63, 3.8) is 0 Å². The van der Waals surface area contributed by atoms with Crippen LogP contribution in [0.3, 0.4) is 0 Å². The summed E-state index contributed by atoms with van der Waals surface area (Å²) in [5.74, 6) is 2.68. The highest BCUT2D eigenvalue weighted by atomic mass is 16.2. The van der Waals surface area contributed by atoms with Crippen LogP contribution in [0, 0.1) is 17.8 Å². The molecule has 5 rings (SSSR count). The minimum Gasteiger partial charge on any atom is -0.341 e. The van der Waals surface area contributed by atoms with Gasteiger partial charge in [-0.15, -0.1) is 0 Å². The molecule has 7 heteroatoms. The van der Waals surface area contributed by atoms with Gasteiger partial charge in [0, 0.05) is 62.4 Å². The van der Waals surface area contributed by atoms with Crippen molar-refractivity contribution in [1.82, 2.24) is 25.7 Å². The Hall–Kier alpha value is -1.73. The first kappa shape index (κ1) is 15.5. The van der Waals surface area contributed by atoms with Crippen LogP contribution in [0.2, 0.25) is 0 Å². The Labute approximate surface area is 148 Å². The number of aromatic nitrogens is 2. The first-order valence-electron chi connectivity index (χ1n) is 9.61. The molecule has 0 bridgehead atoms. The average Bonchev–Trinajstić information content (AvgIpc) is 3.34. The number of nitrogens with one attached hydrogen (secondary N) is 2. The van der Waals surface area contributed by atoms with E-state index in [1.54, 1.807) is 12.4 Å². The summed E-state index contributed by atoms with van der Waals surface area (Å²) in [6.07, 6.45) is 8.49. The maximum atomic E-state index is 13.1. The second-order valence-corrected chi connectivity index (χ2v) is 8.04. The van der Waals surface area contributed by atoms with Gasteiger partial charge >= 0.3 is 0 Å². The van der Waals surface area contributed by atoms with Crippen molar-refractivity contribution in [2.45, 2.75) is 37.8 Å². The zero-order chi connectivity index (χ0) is 16.8. The zero-order valence-electron chi connectivity index (χ0n) is 14.5. The number of rotatable bonds is 2. The fraction of sp³-hybridized carbons (Fsp3) is 0.722. The molecule has 4 heterocycles. The standard InChI is InChI=1S/C18H26N6O/c25-17(16-14-4-1-2-5-15(14)21-22-16)23-8-12-10-24(11-13(12)9-23)18-19-6-3-7-20-18/h3,6-7,12-16,21-22H,1-2,4-5,8-11H2. The van der Waals surface area contributed by atoms with Crippen molar-refractivity contribution in [2.75, 3.05) is 31.1 Å². The van der Waals surface area contributed by atoms with Gasteiger partial charge in [0.15, 0.2) is 0 Å². The van der Waals surface area contributed by atoms with E-state index in [0.29, 0.717) is 29.7 Å². The SMILES string of the molecule is O=C(C1NNC2CCCCC21)N1CC2CN(c3ncccn3)CC2C1. The van der Waals surface area contributed by atoms with Crippen LogP contribution in [-0.4, -0.2) is 59.0 Å². The molecule has 0 radical (unpaired) electrons. The molecule has 2 N–H and O–H groups in total. The van der Waals surface area contributed by atoms with E-state index in [2.05, 4.69) is 30.6 Å². The number of hydrogen-bond acceptors (Lipinski definition) is 6. The van der Waals surface area contributed by atoms with Crippen LogP contribution in [0.25, 0.3) is 0 Å². The topological polar surface area (TPSA) is 73.4 Å². The predicted molar refractivity (Wildman–Crippen MR) is 93.6 cm³/mol. The highest BCUT2D eigenvalue weighted by molar-refractivity contribution is 5.83. The molecule has 5 atom stereocenters. The van der Waals surface area contributed by atoms with E-state index in [-0.39, 0.29) is 6.04 Å². The number of hydrazine groups is 1. The van der Waals surface area contributed by atoms with E-state index in [1.165, 1.54) is 25.7 Å². The first-order valence-corrected chi connectivity index (χ1v) is 9.61. The van der Waals surface area contributed by atoms with Gasteiger partial charge in [0.05, 0.1) is 0 Å².